The van der Waals surface area contributed by atoms with Crippen molar-refractivity contribution in [2.75, 3.05) is 7.11 Å². The zero-order chi connectivity index (χ0) is 13.7. The first kappa shape index (κ1) is 14.4. The summed E-state index contributed by atoms with van der Waals surface area (Å²) in [5.41, 5.74) is 4.33. The smallest absolute Gasteiger partial charge is 0.119 e. The molecule has 0 aliphatic heterocycles. The van der Waals surface area contributed by atoms with Crippen molar-refractivity contribution in [3.05, 3.63) is 29.8 Å². The first-order valence-electron chi connectivity index (χ1n) is 7.32. The molecule has 1 aliphatic rings. The fraction of sp³-hybridized carbons (Fsp3) is 0.625. The van der Waals surface area contributed by atoms with Crippen LogP contribution in [0.2, 0.25) is 0 Å². The lowest BCUT2D eigenvalue weighted by molar-refractivity contribution is 0.222. The van der Waals surface area contributed by atoms with Gasteiger partial charge in [-0.15, -0.1) is 0 Å². The second-order valence-electron chi connectivity index (χ2n) is 5.86. The lowest BCUT2D eigenvalue weighted by Crippen LogP contribution is -2.43. The predicted molar refractivity (Wildman–Crippen MR) is 78.9 cm³/mol. The largest absolute Gasteiger partial charge is 0.497 e. The molecule has 0 aromatic heterocycles. The molecule has 3 heteroatoms. The van der Waals surface area contributed by atoms with Crippen molar-refractivity contribution >= 4 is 0 Å². The molecule has 0 amide bonds. The van der Waals surface area contributed by atoms with Crippen molar-refractivity contribution in [3.8, 4) is 5.75 Å². The van der Waals surface area contributed by atoms with E-state index in [-0.39, 0.29) is 0 Å². The Balaban J connectivity index is 2.01. The second-order valence-corrected chi connectivity index (χ2v) is 5.86. The Hall–Kier alpha value is -1.06. The summed E-state index contributed by atoms with van der Waals surface area (Å²) in [4.78, 5) is 0. The molecule has 3 nitrogen and oxygen atoms in total. The van der Waals surface area contributed by atoms with Crippen LogP contribution in [0.3, 0.4) is 0 Å². The van der Waals surface area contributed by atoms with Crippen LogP contribution in [0.5, 0.6) is 5.75 Å². The van der Waals surface area contributed by atoms with Crippen molar-refractivity contribution in [1.29, 1.82) is 0 Å². The number of hydrogen-bond acceptors (Lipinski definition) is 3. The Labute approximate surface area is 116 Å². The molecule has 19 heavy (non-hydrogen) atoms. The minimum atomic E-state index is 0.370. The highest BCUT2D eigenvalue weighted by atomic mass is 16.5. The first-order valence-corrected chi connectivity index (χ1v) is 7.32. The molecule has 106 valence electrons. The van der Waals surface area contributed by atoms with Gasteiger partial charge < -0.3 is 4.74 Å². The number of hydrogen-bond donors (Lipinski definition) is 2. The van der Waals surface area contributed by atoms with E-state index in [2.05, 4.69) is 24.5 Å². The Kier molecular flexibility index (Phi) is 5.23. The number of rotatable bonds is 5. The van der Waals surface area contributed by atoms with Gasteiger partial charge in [-0.2, -0.15) is 0 Å². The molecule has 3 atom stereocenters. The summed E-state index contributed by atoms with van der Waals surface area (Å²) in [6.07, 6.45) is 6.27. The number of methoxy groups -OCH3 is 1. The molecule has 2 rings (SSSR count). The summed E-state index contributed by atoms with van der Waals surface area (Å²) in [6.45, 7) is 2.35. The minimum absolute atomic E-state index is 0.370. The standard InChI is InChI=1S/C16H26N2O/c1-12-5-3-7-14(9-12)16(18-17)11-13-6-4-8-15(10-13)19-2/h4,6,8,10,12,14,16,18H,3,5,7,9,11,17H2,1-2H3. The van der Waals surface area contributed by atoms with Crippen LogP contribution in [0.1, 0.15) is 38.2 Å². The Morgan fingerprint density at radius 1 is 1.42 bits per heavy atom. The van der Waals surface area contributed by atoms with E-state index in [9.17, 15) is 0 Å². The van der Waals surface area contributed by atoms with Gasteiger partial charge in [0.05, 0.1) is 7.11 Å². The maximum Gasteiger partial charge on any atom is 0.119 e. The van der Waals surface area contributed by atoms with Gasteiger partial charge in [-0.05, 0) is 48.8 Å². The van der Waals surface area contributed by atoms with E-state index in [1.165, 1.54) is 31.2 Å². The Bertz CT molecular complexity index is 394. The number of hydrazine groups is 1. The fourth-order valence-electron chi connectivity index (χ4n) is 3.26. The van der Waals surface area contributed by atoms with Crippen molar-refractivity contribution in [2.45, 2.75) is 45.1 Å². The maximum atomic E-state index is 5.79. The lowest BCUT2D eigenvalue weighted by Gasteiger charge is -2.33. The van der Waals surface area contributed by atoms with E-state index in [1.54, 1.807) is 7.11 Å². The third kappa shape index (κ3) is 3.95. The van der Waals surface area contributed by atoms with Gasteiger partial charge in [0.15, 0.2) is 0 Å². The van der Waals surface area contributed by atoms with E-state index in [4.69, 9.17) is 10.6 Å². The molecule has 0 heterocycles. The Morgan fingerprint density at radius 2 is 2.26 bits per heavy atom. The van der Waals surface area contributed by atoms with E-state index < -0.39 is 0 Å². The summed E-state index contributed by atoms with van der Waals surface area (Å²) in [5, 5.41) is 0. The molecule has 1 aromatic rings. The molecule has 0 spiro atoms. The maximum absolute atomic E-state index is 5.79. The normalized spacial score (nSPS) is 25.0. The van der Waals surface area contributed by atoms with Gasteiger partial charge in [0.2, 0.25) is 0 Å². The number of nitrogens with two attached hydrogens (primary N) is 1. The van der Waals surface area contributed by atoms with E-state index in [0.29, 0.717) is 12.0 Å². The summed E-state index contributed by atoms with van der Waals surface area (Å²) in [5.74, 6) is 8.24. The average Bonchev–Trinajstić information content (AvgIpc) is 2.45. The zero-order valence-electron chi connectivity index (χ0n) is 12.1. The van der Waals surface area contributed by atoms with Crippen LogP contribution in [0.25, 0.3) is 0 Å². The van der Waals surface area contributed by atoms with Gasteiger partial charge in [0.1, 0.15) is 5.75 Å². The van der Waals surface area contributed by atoms with E-state index >= 15 is 0 Å². The molecular formula is C16H26N2O. The van der Waals surface area contributed by atoms with Crippen LogP contribution >= 0.6 is 0 Å². The monoisotopic (exact) mass is 262 g/mol. The average molecular weight is 262 g/mol. The molecular weight excluding hydrogens is 236 g/mol. The third-order valence-corrected chi connectivity index (χ3v) is 4.35. The quantitative estimate of drug-likeness (QED) is 0.633. The highest BCUT2D eigenvalue weighted by Crippen LogP contribution is 2.31. The summed E-state index contributed by atoms with van der Waals surface area (Å²) >= 11 is 0. The van der Waals surface area contributed by atoms with Crippen LogP contribution in [-0.2, 0) is 6.42 Å². The van der Waals surface area contributed by atoms with Crippen molar-refractivity contribution < 1.29 is 4.74 Å². The van der Waals surface area contributed by atoms with Crippen LogP contribution in [0.4, 0.5) is 0 Å². The molecule has 3 unspecified atom stereocenters. The van der Waals surface area contributed by atoms with Crippen molar-refractivity contribution in [2.24, 2.45) is 17.7 Å². The number of nitrogens with one attached hydrogen (secondary N) is 1. The zero-order valence-corrected chi connectivity index (χ0v) is 12.1. The molecule has 1 saturated carbocycles. The van der Waals surface area contributed by atoms with Crippen LogP contribution in [0, 0.1) is 11.8 Å². The molecule has 1 aromatic carbocycles. The van der Waals surface area contributed by atoms with Crippen molar-refractivity contribution in [3.63, 3.8) is 0 Å². The third-order valence-electron chi connectivity index (χ3n) is 4.35. The first-order chi connectivity index (χ1) is 9.22. The Morgan fingerprint density at radius 3 is 2.95 bits per heavy atom. The van der Waals surface area contributed by atoms with Crippen molar-refractivity contribution in [1.82, 2.24) is 5.43 Å². The van der Waals surface area contributed by atoms with Crippen LogP contribution in [-0.4, -0.2) is 13.2 Å². The molecule has 0 bridgehead atoms. The summed E-state index contributed by atoms with van der Waals surface area (Å²) in [6, 6.07) is 8.66. The second kappa shape index (κ2) is 6.92. The highest BCUT2D eigenvalue weighted by Gasteiger charge is 2.26. The highest BCUT2D eigenvalue weighted by molar-refractivity contribution is 5.29. The van der Waals surface area contributed by atoms with Gasteiger partial charge in [-0.1, -0.05) is 31.9 Å². The van der Waals surface area contributed by atoms with Gasteiger partial charge in [0, 0.05) is 6.04 Å². The van der Waals surface area contributed by atoms with Crippen LogP contribution in [0.15, 0.2) is 24.3 Å². The van der Waals surface area contributed by atoms with Crippen LogP contribution < -0.4 is 16.0 Å². The molecule has 1 aliphatic carbocycles. The molecule has 1 fully saturated rings. The number of benzene rings is 1. The van der Waals surface area contributed by atoms with Gasteiger partial charge >= 0.3 is 0 Å². The minimum Gasteiger partial charge on any atom is -0.497 e. The SMILES string of the molecule is COc1cccc(CC(NN)C2CCCC(C)C2)c1. The summed E-state index contributed by atoms with van der Waals surface area (Å²) < 4.78 is 5.28. The lowest BCUT2D eigenvalue weighted by atomic mass is 9.77. The summed E-state index contributed by atoms with van der Waals surface area (Å²) in [7, 11) is 1.71. The topological polar surface area (TPSA) is 47.3 Å². The molecule has 0 radical (unpaired) electrons. The van der Waals surface area contributed by atoms with E-state index in [0.717, 1.165) is 18.1 Å². The van der Waals surface area contributed by atoms with Gasteiger partial charge in [-0.25, -0.2) is 0 Å². The predicted octanol–water partition coefficient (Wildman–Crippen LogP) is 2.90. The molecule has 3 N–H and O–H groups in total. The fourth-order valence-corrected chi connectivity index (χ4v) is 3.26. The van der Waals surface area contributed by atoms with E-state index in [1.807, 2.05) is 12.1 Å². The molecule has 0 saturated heterocycles. The van der Waals surface area contributed by atoms with Gasteiger partial charge in [-0.3, -0.25) is 11.3 Å². The number of ether oxygens (including phenoxy) is 1. The van der Waals surface area contributed by atoms with Gasteiger partial charge in [0.25, 0.3) is 0 Å².